The van der Waals surface area contributed by atoms with E-state index in [1.54, 1.807) is 6.07 Å². The van der Waals surface area contributed by atoms with Crippen molar-refractivity contribution >= 4 is 28.3 Å². The van der Waals surface area contributed by atoms with Crippen molar-refractivity contribution in [2.45, 2.75) is 64.9 Å². The third-order valence-corrected chi connectivity index (χ3v) is 8.65. The number of esters is 1. The number of aliphatic hydroxyl groups is 1. The lowest BCUT2D eigenvalue weighted by Gasteiger charge is -2.43. The second kappa shape index (κ2) is 14.3. The van der Waals surface area contributed by atoms with E-state index >= 15 is 0 Å². The van der Waals surface area contributed by atoms with Crippen molar-refractivity contribution in [3.05, 3.63) is 113 Å². The molecule has 6 atom stereocenters. The number of benzene rings is 4. The molecule has 8 nitrogen and oxygen atoms in total. The highest BCUT2D eigenvalue weighted by Gasteiger charge is 2.39. The minimum absolute atomic E-state index is 0.0138. The van der Waals surface area contributed by atoms with Crippen LogP contribution in [0.2, 0.25) is 0 Å². The molecule has 4 aromatic rings. The van der Waals surface area contributed by atoms with E-state index in [2.05, 4.69) is 73.6 Å². The zero-order chi connectivity index (χ0) is 32.1. The lowest BCUT2D eigenvalue weighted by Crippen LogP contribution is -2.44. The van der Waals surface area contributed by atoms with Crippen molar-refractivity contribution in [3.8, 4) is 0 Å². The van der Waals surface area contributed by atoms with E-state index in [-0.39, 0.29) is 30.8 Å². The average Bonchev–Trinajstić information content (AvgIpc) is 3.05. The molecule has 0 aliphatic carbocycles. The Morgan fingerprint density at radius 3 is 2.36 bits per heavy atom. The topological polar surface area (TPSA) is 97.3 Å². The molecule has 1 amide bonds. The number of nitrogens with zero attached hydrogens (tertiary/aromatic N) is 1. The number of carbonyl (C=O) groups is 2. The molecule has 5 rings (SSSR count). The predicted molar refractivity (Wildman–Crippen MR) is 174 cm³/mol. The normalized spacial score (nSPS) is 21.3. The van der Waals surface area contributed by atoms with Gasteiger partial charge in [0.1, 0.15) is 0 Å². The van der Waals surface area contributed by atoms with E-state index in [1.165, 1.54) is 30.2 Å². The fourth-order valence-corrected chi connectivity index (χ4v) is 5.80. The first kappa shape index (κ1) is 32.3. The number of nitrogens with one attached hydrogen (secondary N) is 1. The van der Waals surface area contributed by atoms with Gasteiger partial charge in [-0.1, -0.05) is 79.7 Å². The molecule has 0 radical (unpaired) electrons. The SMILES string of the molecule is CC(=O)O[C@@H](C)C(=O)Nc1cccc([C@H]2O[C@@H](CN(C)[C@H](C)c3ccc4ccccc4c3)[C@@H](C)[C@@H](c3ccc(CO)cc3)O2)c1. The van der Waals surface area contributed by atoms with Gasteiger partial charge in [0.15, 0.2) is 12.4 Å². The van der Waals surface area contributed by atoms with Crippen LogP contribution in [-0.2, 0) is 30.4 Å². The maximum atomic E-state index is 12.6. The summed E-state index contributed by atoms with van der Waals surface area (Å²) >= 11 is 0. The molecule has 0 saturated carbocycles. The van der Waals surface area contributed by atoms with E-state index in [4.69, 9.17) is 14.2 Å². The summed E-state index contributed by atoms with van der Waals surface area (Å²) in [5, 5.41) is 14.8. The number of hydrogen-bond acceptors (Lipinski definition) is 7. The summed E-state index contributed by atoms with van der Waals surface area (Å²) in [5.74, 6) is -0.932. The second-order valence-electron chi connectivity index (χ2n) is 11.9. The number of ether oxygens (including phenoxy) is 3. The molecule has 1 saturated heterocycles. The third kappa shape index (κ3) is 7.78. The van der Waals surface area contributed by atoms with Crippen LogP contribution in [0.3, 0.4) is 0 Å². The summed E-state index contributed by atoms with van der Waals surface area (Å²) in [5.41, 5.74) is 4.37. The van der Waals surface area contributed by atoms with Gasteiger partial charge in [-0.2, -0.15) is 0 Å². The molecule has 0 aromatic heterocycles. The van der Waals surface area contributed by atoms with Crippen molar-refractivity contribution in [1.29, 1.82) is 0 Å². The van der Waals surface area contributed by atoms with Crippen molar-refractivity contribution in [1.82, 2.24) is 4.90 Å². The average molecular weight is 611 g/mol. The van der Waals surface area contributed by atoms with Gasteiger partial charge in [-0.3, -0.25) is 14.5 Å². The maximum Gasteiger partial charge on any atom is 0.303 e. The molecule has 1 aliphatic heterocycles. The van der Waals surface area contributed by atoms with Gasteiger partial charge in [0, 0.05) is 36.7 Å². The van der Waals surface area contributed by atoms with E-state index in [0.717, 1.165) is 16.7 Å². The molecule has 0 spiro atoms. The highest BCUT2D eigenvalue weighted by molar-refractivity contribution is 5.95. The maximum absolute atomic E-state index is 12.6. The van der Waals surface area contributed by atoms with Crippen molar-refractivity contribution in [2.24, 2.45) is 5.92 Å². The Hall–Kier alpha value is -4.08. The Labute approximate surface area is 264 Å². The first-order chi connectivity index (χ1) is 21.6. The van der Waals surface area contributed by atoms with Crippen LogP contribution in [0.25, 0.3) is 10.8 Å². The fraction of sp³-hybridized carbons (Fsp3) is 0.351. The molecule has 1 fully saturated rings. The van der Waals surface area contributed by atoms with Crippen LogP contribution in [0, 0.1) is 5.92 Å². The smallest absolute Gasteiger partial charge is 0.303 e. The number of carbonyl (C=O) groups excluding carboxylic acids is 2. The summed E-state index contributed by atoms with van der Waals surface area (Å²) < 4.78 is 18.3. The van der Waals surface area contributed by atoms with E-state index in [1.807, 2.05) is 42.5 Å². The van der Waals surface area contributed by atoms with Crippen LogP contribution in [0.4, 0.5) is 5.69 Å². The molecular weight excluding hydrogens is 568 g/mol. The van der Waals surface area contributed by atoms with E-state index < -0.39 is 24.3 Å². The summed E-state index contributed by atoms with van der Waals surface area (Å²) in [7, 11) is 2.12. The summed E-state index contributed by atoms with van der Waals surface area (Å²) in [4.78, 5) is 26.2. The van der Waals surface area contributed by atoms with Crippen LogP contribution < -0.4 is 5.32 Å². The van der Waals surface area contributed by atoms with Gasteiger partial charge >= 0.3 is 5.97 Å². The minimum atomic E-state index is -0.926. The minimum Gasteiger partial charge on any atom is -0.453 e. The predicted octanol–water partition coefficient (Wildman–Crippen LogP) is 6.71. The number of hydrogen-bond donors (Lipinski definition) is 2. The molecule has 1 heterocycles. The lowest BCUT2D eigenvalue weighted by molar-refractivity contribution is -0.276. The van der Waals surface area contributed by atoms with Crippen molar-refractivity contribution in [2.75, 3.05) is 18.9 Å². The zero-order valence-corrected chi connectivity index (χ0v) is 26.5. The Balaban J connectivity index is 1.39. The monoisotopic (exact) mass is 610 g/mol. The number of amides is 1. The quantitative estimate of drug-likeness (QED) is 0.193. The molecule has 0 unspecified atom stereocenters. The number of aliphatic hydroxyl groups excluding tert-OH is 1. The van der Waals surface area contributed by atoms with E-state index in [9.17, 15) is 14.7 Å². The number of fused-ring (bicyclic) bond motifs is 1. The van der Waals surface area contributed by atoms with Gasteiger partial charge in [0.05, 0.1) is 18.8 Å². The van der Waals surface area contributed by atoms with Gasteiger partial charge in [0.2, 0.25) is 0 Å². The van der Waals surface area contributed by atoms with Gasteiger partial charge in [-0.25, -0.2) is 0 Å². The van der Waals surface area contributed by atoms with Crippen molar-refractivity contribution in [3.63, 3.8) is 0 Å². The molecule has 4 aromatic carbocycles. The first-order valence-electron chi connectivity index (χ1n) is 15.4. The lowest BCUT2D eigenvalue weighted by atomic mass is 9.89. The highest BCUT2D eigenvalue weighted by atomic mass is 16.7. The zero-order valence-electron chi connectivity index (χ0n) is 26.5. The Morgan fingerprint density at radius 2 is 1.64 bits per heavy atom. The molecule has 45 heavy (non-hydrogen) atoms. The van der Waals surface area contributed by atoms with E-state index in [0.29, 0.717) is 12.2 Å². The Bertz CT molecular complexity index is 1620. The molecular formula is C37H42N2O6. The molecule has 2 N–H and O–H groups in total. The number of anilines is 1. The van der Waals surface area contributed by atoms with Gasteiger partial charge in [-0.15, -0.1) is 0 Å². The fourth-order valence-electron chi connectivity index (χ4n) is 5.80. The molecule has 236 valence electrons. The van der Waals surface area contributed by atoms with Gasteiger partial charge in [0.25, 0.3) is 5.91 Å². The van der Waals surface area contributed by atoms with Crippen LogP contribution in [0.15, 0.2) is 91.0 Å². The van der Waals surface area contributed by atoms with Crippen molar-refractivity contribution < 1.29 is 28.9 Å². The molecule has 1 aliphatic rings. The van der Waals surface area contributed by atoms with Crippen LogP contribution >= 0.6 is 0 Å². The van der Waals surface area contributed by atoms with Crippen LogP contribution in [0.1, 0.15) is 68.4 Å². The van der Waals surface area contributed by atoms with Crippen LogP contribution in [0.5, 0.6) is 0 Å². The number of rotatable bonds is 10. The summed E-state index contributed by atoms with van der Waals surface area (Å²) in [6.07, 6.45) is -2.07. The Kier molecular flexibility index (Phi) is 10.3. The number of likely N-dealkylation sites (N-methyl/N-ethyl adjacent to an activating group) is 1. The standard InChI is InChI=1S/C37H42N2O6/c1-23-34(21-39(5)24(2)30-18-17-28-9-6-7-10-31(28)19-30)44-37(45-35(23)29-15-13-27(22-40)14-16-29)32-11-8-12-33(20-32)38-36(42)25(3)43-26(4)41/h6-20,23-25,34-35,37,40H,21-22H2,1-5H3,(H,38,42)/t23-,24-,25+,34+,35+,37+/m1/s1. The second-order valence-corrected chi connectivity index (χ2v) is 11.9. The third-order valence-electron chi connectivity index (χ3n) is 8.65. The van der Waals surface area contributed by atoms with Crippen LogP contribution in [-0.4, -0.2) is 47.7 Å². The first-order valence-corrected chi connectivity index (χ1v) is 15.4. The molecule has 8 heteroatoms. The summed E-state index contributed by atoms with van der Waals surface area (Å²) in [6.45, 7) is 7.79. The summed E-state index contributed by atoms with van der Waals surface area (Å²) in [6, 6.07) is 30.3. The Morgan fingerprint density at radius 1 is 0.911 bits per heavy atom. The van der Waals surface area contributed by atoms with Gasteiger partial charge in [-0.05, 0) is 66.6 Å². The highest BCUT2D eigenvalue weighted by Crippen LogP contribution is 2.42. The largest absolute Gasteiger partial charge is 0.453 e. The van der Waals surface area contributed by atoms with Gasteiger partial charge < -0.3 is 24.6 Å². The molecule has 0 bridgehead atoms.